The van der Waals surface area contributed by atoms with Crippen LogP contribution >= 0.6 is 0 Å². The first kappa shape index (κ1) is 8.47. The third kappa shape index (κ3) is 1.90. The molecule has 0 spiro atoms. The number of aliphatic hydroxyl groups excluding tert-OH is 1. The summed E-state index contributed by atoms with van der Waals surface area (Å²) >= 11 is 0. The molecule has 1 saturated carbocycles. The van der Waals surface area contributed by atoms with E-state index >= 15 is 0 Å². The monoisotopic (exact) mass is 154 g/mol. The van der Waals surface area contributed by atoms with Gasteiger partial charge in [-0.1, -0.05) is 12.5 Å². The standard InChI is InChI=1S/C9H14O2/c1-2-8(10)7-5-3-4-6-9(7)11/h2,7-8,10H,1,3-6H2/t7-,8+/m0/s1. The number of Topliss-reactive ketones (excluding diaryl/α,β-unsaturated/α-hetero) is 1. The second-order valence-corrected chi connectivity index (χ2v) is 3.04. The van der Waals surface area contributed by atoms with Crippen molar-refractivity contribution in [2.24, 2.45) is 5.92 Å². The molecular formula is C9H14O2. The van der Waals surface area contributed by atoms with E-state index in [1.807, 2.05) is 0 Å². The minimum atomic E-state index is -0.622. The van der Waals surface area contributed by atoms with Crippen LogP contribution in [-0.4, -0.2) is 17.0 Å². The summed E-state index contributed by atoms with van der Waals surface area (Å²) in [4.78, 5) is 11.2. The summed E-state index contributed by atoms with van der Waals surface area (Å²) in [5.74, 6) is 0.0323. The second kappa shape index (κ2) is 3.67. The first-order valence-electron chi connectivity index (χ1n) is 4.09. The van der Waals surface area contributed by atoms with Gasteiger partial charge in [0.15, 0.2) is 0 Å². The largest absolute Gasteiger partial charge is 0.388 e. The molecule has 0 amide bonds. The first-order valence-corrected chi connectivity index (χ1v) is 4.09. The molecule has 0 saturated heterocycles. The summed E-state index contributed by atoms with van der Waals surface area (Å²) in [6, 6.07) is 0. The van der Waals surface area contributed by atoms with Gasteiger partial charge in [0.25, 0.3) is 0 Å². The predicted molar refractivity (Wildman–Crippen MR) is 43.2 cm³/mol. The maximum Gasteiger partial charge on any atom is 0.138 e. The summed E-state index contributed by atoms with van der Waals surface area (Å²) in [6.45, 7) is 3.47. The van der Waals surface area contributed by atoms with Gasteiger partial charge >= 0.3 is 0 Å². The van der Waals surface area contributed by atoms with Crippen LogP contribution in [0.5, 0.6) is 0 Å². The molecule has 0 aromatic carbocycles. The minimum Gasteiger partial charge on any atom is -0.388 e. The van der Waals surface area contributed by atoms with Gasteiger partial charge in [-0.3, -0.25) is 4.79 Å². The van der Waals surface area contributed by atoms with Crippen LogP contribution in [0.2, 0.25) is 0 Å². The normalized spacial score (nSPS) is 28.1. The average molecular weight is 154 g/mol. The zero-order chi connectivity index (χ0) is 8.27. The van der Waals surface area contributed by atoms with E-state index in [1.165, 1.54) is 6.08 Å². The fourth-order valence-corrected chi connectivity index (χ4v) is 1.54. The van der Waals surface area contributed by atoms with Crippen molar-refractivity contribution in [1.82, 2.24) is 0 Å². The fourth-order valence-electron chi connectivity index (χ4n) is 1.54. The quantitative estimate of drug-likeness (QED) is 0.608. The molecule has 1 fully saturated rings. The number of hydrogen-bond donors (Lipinski definition) is 1. The fraction of sp³-hybridized carbons (Fsp3) is 0.667. The van der Waals surface area contributed by atoms with Crippen molar-refractivity contribution in [2.75, 3.05) is 0 Å². The van der Waals surface area contributed by atoms with Crippen molar-refractivity contribution in [3.8, 4) is 0 Å². The molecule has 62 valence electrons. The van der Waals surface area contributed by atoms with E-state index in [9.17, 15) is 9.90 Å². The SMILES string of the molecule is C=C[C@@H](O)[C@@H]1CCCCC1=O. The number of rotatable bonds is 2. The highest BCUT2D eigenvalue weighted by Gasteiger charge is 2.26. The van der Waals surface area contributed by atoms with Crippen LogP contribution in [0.25, 0.3) is 0 Å². The van der Waals surface area contributed by atoms with Gasteiger partial charge in [0, 0.05) is 12.3 Å². The molecule has 1 aliphatic carbocycles. The molecule has 2 heteroatoms. The summed E-state index contributed by atoms with van der Waals surface area (Å²) in [5, 5.41) is 9.31. The van der Waals surface area contributed by atoms with E-state index in [0.717, 1.165) is 19.3 Å². The molecule has 0 radical (unpaired) electrons. The third-order valence-electron chi connectivity index (χ3n) is 2.26. The molecule has 0 unspecified atom stereocenters. The lowest BCUT2D eigenvalue weighted by Crippen LogP contribution is -2.29. The Kier molecular flexibility index (Phi) is 2.83. The van der Waals surface area contributed by atoms with Gasteiger partial charge in [-0.05, 0) is 12.8 Å². The highest BCUT2D eigenvalue weighted by molar-refractivity contribution is 5.82. The molecule has 1 aliphatic rings. The van der Waals surface area contributed by atoms with Gasteiger partial charge in [0.2, 0.25) is 0 Å². The summed E-state index contributed by atoms with van der Waals surface area (Å²) < 4.78 is 0. The van der Waals surface area contributed by atoms with Gasteiger partial charge in [-0.25, -0.2) is 0 Å². The Morgan fingerprint density at radius 2 is 2.36 bits per heavy atom. The Balaban J connectivity index is 2.53. The molecule has 0 aliphatic heterocycles. The molecule has 11 heavy (non-hydrogen) atoms. The smallest absolute Gasteiger partial charge is 0.138 e. The van der Waals surface area contributed by atoms with Gasteiger partial charge in [0.1, 0.15) is 5.78 Å². The van der Waals surface area contributed by atoms with E-state index in [1.54, 1.807) is 0 Å². The minimum absolute atomic E-state index is 0.166. The van der Waals surface area contributed by atoms with E-state index in [0.29, 0.717) is 6.42 Å². The van der Waals surface area contributed by atoms with Crippen molar-refractivity contribution in [3.05, 3.63) is 12.7 Å². The maximum absolute atomic E-state index is 11.2. The molecule has 1 N–H and O–H groups in total. The number of hydrogen-bond acceptors (Lipinski definition) is 2. The summed E-state index contributed by atoms with van der Waals surface area (Å²) in [7, 11) is 0. The Morgan fingerprint density at radius 1 is 1.64 bits per heavy atom. The van der Waals surface area contributed by atoms with Gasteiger partial charge in [0.05, 0.1) is 6.10 Å². The summed E-state index contributed by atoms with van der Waals surface area (Å²) in [5.41, 5.74) is 0. The first-order chi connectivity index (χ1) is 5.25. The van der Waals surface area contributed by atoms with E-state index in [2.05, 4.69) is 6.58 Å². The van der Waals surface area contributed by atoms with Crippen LogP contribution < -0.4 is 0 Å². The third-order valence-corrected chi connectivity index (χ3v) is 2.26. The Hall–Kier alpha value is -0.630. The highest BCUT2D eigenvalue weighted by Crippen LogP contribution is 2.23. The Bertz CT molecular complexity index is 163. The van der Waals surface area contributed by atoms with Gasteiger partial charge in [-0.15, -0.1) is 6.58 Å². The molecule has 1 rings (SSSR count). The van der Waals surface area contributed by atoms with Gasteiger partial charge in [-0.2, -0.15) is 0 Å². The van der Waals surface area contributed by atoms with Crippen LogP contribution in [0.3, 0.4) is 0 Å². The zero-order valence-corrected chi connectivity index (χ0v) is 6.62. The van der Waals surface area contributed by atoms with Crippen LogP contribution in [0.4, 0.5) is 0 Å². The molecular weight excluding hydrogens is 140 g/mol. The topological polar surface area (TPSA) is 37.3 Å². The summed E-state index contributed by atoms with van der Waals surface area (Å²) in [6.07, 6.45) is 4.33. The van der Waals surface area contributed by atoms with Crippen molar-refractivity contribution in [3.63, 3.8) is 0 Å². The maximum atomic E-state index is 11.2. The van der Waals surface area contributed by atoms with Crippen LogP contribution in [-0.2, 0) is 4.79 Å². The molecule has 0 aromatic heterocycles. The van der Waals surface area contributed by atoms with Gasteiger partial charge < -0.3 is 5.11 Å². The van der Waals surface area contributed by atoms with E-state index in [4.69, 9.17) is 0 Å². The lowest BCUT2D eigenvalue weighted by molar-refractivity contribution is -0.127. The highest BCUT2D eigenvalue weighted by atomic mass is 16.3. The number of ketones is 1. The Labute approximate surface area is 66.9 Å². The van der Waals surface area contributed by atoms with Crippen molar-refractivity contribution in [2.45, 2.75) is 31.8 Å². The zero-order valence-electron chi connectivity index (χ0n) is 6.62. The van der Waals surface area contributed by atoms with Crippen LogP contribution in [0.15, 0.2) is 12.7 Å². The van der Waals surface area contributed by atoms with E-state index < -0.39 is 6.10 Å². The lowest BCUT2D eigenvalue weighted by Gasteiger charge is -2.22. The molecule has 0 aromatic rings. The predicted octanol–water partition coefficient (Wildman–Crippen LogP) is 1.29. The van der Waals surface area contributed by atoms with Crippen LogP contribution in [0.1, 0.15) is 25.7 Å². The average Bonchev–Trinajstić information content (AvgIpc) is 2.04. The molecule has 2 nitrogen and oxygen atoms in total. The lowest BCUT2D eigenvalue weighted by atomic mass is 9.84. The number of carbonyl (C=O) groups excluding carboxylic acids is 1. The van der Waals surface area contributed by atoms with Crippen molar-refractivity contribution in [1.29, 1.82) is 0 Å². The van der Waals surface area contributed by atoms with E-state index in [-0.39, 0.29) is 11.7 Å². The molecule has 0 heterocycles. The van der Waals surface area contributed by atoms with Crippen molar-refractivity contribution >= 4 is 5.78 Å². The van der Waals surface area contributed by atoms with Crippen molar-refractivity contribution < 1.29 is 9.90 Å². The van der Waals surface area contributed by atoms with Crippen LogP contribution in [0, 0.1) is 5.92 Å². The molecule has 2 atom stereocenters. The Morgan fingerprint density at radius 3 is 2.91 bits per heavy atom. The number of aliphatic hydroxyl groups is 1. The molecule has 0 bridgehead atoms. The second-order valence-electron chi connectivity index (χ2n) is 3.04. The number of carbonyl (C=O) groups is 1.